The number of esters is 1. The Morgan fingerprint density at radius 2 is 1.92 bits per heavy atom. The zero-order valence-corrected chi connectivity index (χ0v) is 14.6. The van der Waals surface area contributed by atoms with Gasteiger partial charge in [-0.05, 0) is 32.4 Å². The maximum absolute atomic E-state index is 12.9. The summed E-state index contributed by atoms with van der Waals surface area (Å²) in [4.78, 5) is 39.3. The number of ether oxygens (including phenoxy) is 2. The minimum Gasteiger partial charge on any atom is -0.466 e. The molecule has 1 N–H and O–H groups in total. The number of anilines is 1. The Balaban J connectivity index is 2.11. The third-order valence-corrected chi connectivity index (χ3v) is 5.03. The first-order chi connectivity index (χ1) is 11.9. The van der Waals surface area contributed by atoms with Gasteiger partial charge in [-0.25, -0.2) is 4.79 Å². The first-order valence-corrected chi connectivity index (χ1v) is 8.46. The number of fused-ring (bicyclic) bond motifs is 3. The number of hydrogen-bond donors (Lipinski definition) is 1. The van der Waals surface area contributed by atoms with Crippen LogP contribution in [0.2, 0.25) is 0 Å². The van der Waals surface area contributed by atoms with Crippen LogP contribution < -0.4 is 5.32 Å². The summed E-state index contributed by atoms with van der Waals surface area (Å²) in [6.07, 6.45) is -0.601. The Morgan fingerprint density at radius 3 is 2.60 bits per heavy atom. The first kappa shape index (κ1) is 17.3. The Labute approximate surface area is 146 Å². The van der Waals surface area contributed by atoms with E-state index >= 15 is 0 Å². The molecule has 1 aromatic rings. The van der Waals surface area contributed by atoms with Crippen LogP contribution in [-0.2, 0) is 19.1 Å². The van der Waals surface area contributed by atoms with Gasteiger partial charge in [0.2, 0.25) is 0 Å². The minimum atomic E-state index is -1.21. The molecule has 1 aromatic carbocycles. The molecule has 134 valence electrons. The molecule has 0 aliphatic carbocycles. The Morgan fingerprint density at radius 1 is 1.24 bits per heavy atom. The zero-order valence-electron chi connectivity index (χ0n) is 14.6. The van der Waals surface area contributed by atoms with Crippen molar-refractivity contribution in [2.75, 3.05) is 25.1 Å². The molecule has 7 nitrogen and oxygen atoms in total. The molecule has 0 bridgehead atoms. The van der Waals surface area contributed by atoms with E-state index in [4.69, 9.17) is 9.47 Å². The molecule has 2 heterocycles. The molecule has 1 fully saturated rings. The highest BCUT2D eigenvalue weighted by Crippen LogP contribution is 2.51. The van der Waals surface area contributed by atoms with Crippen LogP contribution in [0.25, 0.3) is 0 Å². The van der Waals surface area contributed by atoms with Gasteiger partial charge in [0.05, 0.1) is 19.1 Å². The van der Waals surface area contributed by atoms with Gasteiger partial charge >= 0.3 is 12.1 Å². The molecule has 0 unspecified atom stereocenters. The van der Waals surface area contributed by atoms with Gasteiger partial charge in [-0.3, -0.25) is 14.5 Å². The van der Waals surface area contributed by atoms with Crippen molar-refractivity contribution in [3.05, 3.63) is 29.8 Å². The predicted octanol–water partition coefficient (Wildman–Crippen LogP) is 2.13. The molecule has 2 amide bonds. The summed E-state index contributed by atoms with van der Waals surface area (Å²) in [6, 6.07) is 7.34. The second-order valence-electron chi connectivity index (χ2n) is 6.33. The van der Waals surface area contributed by atoms with Crippen LogP contribution in [0.3, 0.4) is 0 Å². The first-order valence-electron chi connectivity index (χ1n) is 8.46. The van der Waals surface area contributed by atoms with Gasteiger partial charge in [0.15, 0.2) is 0 Å². The van der Waals surface area contributed by atoms with Crippen molar-refractivity contribution in [2.24, 2.45) is 5.92 Å². The molecular formula is C18H22N2O5. The monoisotopic (exact) mass is 346 g/mol. The van der Waals surface area contributed by atoms with Crippen molar-refractivity contribution < 1.29 is 23.9 Å². The second kappa shape index (κ2) is 6.38. The van der Waals surface area contributed by atoms with Gasteiger partial charge in [0, 0.05) is 18.2 Å². The molecule has 7 heteroatoms. The summed E-state index contributed by atoms with van der Waals surface area (Å²) < 4.78 is 10.3. The number of nitrogens with one attached hydrogen (secondary N) is 1. The molecule has 0 saturated carbocycles. The summed E-state index contributed by atoms with van der Waals surface area (Å²) in [7, 11) is 0. The van der Waals surface area contributed by atoms with Crippen LogP contribution in [0.15, 0.2) is 24.3 Å². The smallest absolute Gasteiger partial charge is 0.410 e. The Bertz CT molecular complexity index is 719. The quantitative estimate of drug-likeness (QED) is 0.848. The van der Waals surface area contributed by atoms with Crippen LogP contribution in [0.5, 0.6) is 0 Å². The lowest BCUT2D eigenvalue weighted by Crippen LogP contribution is -2.58. The number of benzene rings is 1. The second-order valence-corrected chi connectivity index (χ2v) is 6.33. The Kier molecular flexibility index (Phi) is 4.41. The predicted molar refractivity (Wildman–Crippen MR) is 90.1 cm³/mol. The minimum absolute atomic E-state index is 0.0839. The number of para-hydroxylation sites is 1. The van der Waals surface area contributed by atoms with Crippen LogP contribution in [0.1, 0.15) is 32.3 Å². The standard InChI is InChI=1S/C18H22N2O5/c1-4-24-15(21)12-10-20(17(23)25-5-2)18(3)14(12)11-8-6-7-9-13(11)19-16(18)22/h6-9,12,14H,4-5,10H2,1-3H3,(H,19,22)/t12-,14+,18-/m0/s1. The fourth-order valence-electron chi connectivity index (χ4n) is 3.89. The van der Waals surface area contributed by atoms with Crippen LogP contribution in [0, 0.1) is 5.92 Å². The molecule has 0 spiro atoms. The largest absolute Gasteiger partial charge is 0.466 e. The fraction of sp³-hybridized carbons (Fsp3) is 0.500. The summed E-state index contributed by atoms with van der Waals surface area (Å²) in [5.74, 6) is -1.84. The van der Waals surface area contributed by atoms with Crippen molar-refractivity contribution in [1.29, 1.82) is 0 Å². The number of amides is 2. The number of likely N-dealkylation sites (tertiary alicyclic amines) is 1. The molecule has 2 aliphatic rings. The number of rotatable bonds is 3. The molecule has 1 saturated heterocycles. The molecule has 3 atom stereocenters. The lowest BCUT2D eigenvalue weighted by molar-refractivity contribution is -0.148. The van der Waals surface area contributed by atoms with Crippen molar-refractivity contribution in [3.8, 4) is 0 Å². The number of carbonyl (C=O) groups is 3. The van der Waals surface area contributed by atoms with E-state index in [9.17, 15) is 14.4 Å². The van der Waals surface area contributed by atoms with E-state index < -0.39 is 29.4 Å². The fourth-order valence-corrected chi connectivity index (χ4v) is 3.89. The Hall–Kier alpha value is -2.57. The maximum atomic E-state index is 12.9. The van der Waals surface area contributed by atoms with Gasteiger partial charge in [0.25, 0.3) is 5.91 Å². The highest BCUT2D eigenvalue weighted by atomic mass is 16.6. The summed E-state index contributed by atoms with van der Waals surface area (Å²) in [5.41, 5.74) is 0.280. The van der Waals surface area contributed by atoms with E-state index in [2.05, 4.69) is 5.32 Å². The summed E-state index contributed by atoms with van der Waals surface area (Å²) in [5, 5.41) is 2.85. The summed E-state index contributed by atoms with van der Waals surface area (Å²) in [6.45, 7) is 5.63. The van der Waals surface area contributed by atoms with Gasteiger partial charge in [-0.2, -0.15) is 0 Å². The van der Waals surface area contributed by atoms with Crippen LogP contribution in [-0.4, -0.2) is 48.2 Å². The topological polar surface area (TPSA) is 84.9 Å². The van der Waals surface area contributed by atoms with E-state index in [0.29, 0.717) is 5.69 Å². The average Bonchev–Trinajstić information content (AvgIpc) is 2.91. The molecule has 0 aromatic heterocycles. The number of carbonyl (C=O) groups excluding carboxylic acids is 3. The normalized spacial score (nSPS) is 27.2. The van der Waals surface area contributed by atoms with E-state index in [-0.39, 0.29) is 25.7 Å². The van der Waals surface area contributed by atoms with Crippen molar-refractivity contribution in [2.45, 2.75) is 32.2 Å². The van der Waals surface area contributed by atoms with Crippen molar-refractivity contribution >= 4 is 23.7 Å². The van der Waals surface area contributed by atoms with Crippen molar-refractivity contribution in [1.82, 2.24) is 4.90 Å². The molecule has 0 radical (unpaired) electrons. The third-order valence-electron chi connectivity index (χ3n) is 5.03. The summed E-state index contributed by atoms with van der Waals surface area (Å²) >= 11 is 0. The molecule has 2 aliphatic heterocycles. The van der Waals surface area contributed by atoms with Gasteiger partial charge in [0.1, 0.15) is 5.54 Å². The average molecular weight is 346 g/mol. The van der Waals surface area contributed by atoms with Crippen LogP contribution in [0.4, 0.5) is 10.5 Å². The third kappa shape index (κ3) is 2.54. The van der Waals surface area contributed by atoms with Crippen LogP contribution >= 0.6 is 0 Å². The van der Waals surface area contributed by atoms with Gasteiger partial charge in [-0.1, -0.05) is 18.2 Å². The van der Waals surface area contributed by atoms with E-state index in [1.807, 2.05) is 18.2 Å². The lowest BCUT2D eigenvalue weighted by Gasteiger charge is -2.41. The zero-order chi connectivity index (χ0) is 18.2. The molecular weight excluding hydrogens is 324 g/mol. The number of nitrogens with zero attached hydrogens (tertiary/aromatic N) is 1. The maximum Gasteiger partial charge on any atom is 0.410 e. The highest BCUT2D eigenvalue weighted by molar-refractivity contribution is 6.05. The van der Waals surface area contributed by atoms with E-state index in [1.54, 1.807) is 26.8 Å². The molecule has 3 rings (SSSR count). The van der Waals surface area contributed by atoms with Gasteiger partial charge in [-0.15, -0.1) is 0 Å². The van der Waals surface area contributed by atoms with Gasteiger partial charge < -0.3 is 14.8 Å². The number of hydrogen-bond acceptors (Lipinski definition) is 5. The van der Waals surface area contributed by atoms with E-state index in [1.165, 1.54) is 4.90 Å². The lowest BCUT2D eigenvalue weighted by atomic mass is 9.73. The van der Waals surface area contributed by atoms with Crippen molar-refractivity contribution in [3.63, 3.8) is 0 Å². The molecule has 25 heavy (non-hydrogen) atoms. The SMILES string of the molecule is CCOC(=O)[C@H]1CN(C(=O)OCC)[C@]2(C)C(=O)Nc3ccccc3[C@H]12. The highest BCUT2D eigenvalue weighted by Gasteiger charge is 2.62. The van der Waals surface area contributed by atoms with E-state index in [0.717, 1.165) is 5.56 Å².